The molecule has 2 atom stereocenters. The lowest BCUT2D eigenvalue weighted by atomic mass is 9.98. The fourth-order valence-electron chi connectivity index (χ4n) is 2.24. The largest absolute Gasteiger partial charge is 0.508 e. The maximum absolute atomic E-state index is 9.31. The summed E-state index contributed by atoms with van der Waals surface area (Å²) in [5.74, 6) is 0.914. The van der Waals surface area contributed by atoms with E-state index in [1.54, 1.807) is 12.1 Å². The molecule has 0 bridgehead atoms. The summed E-state index contributed by atoms with van der Waals surface area (Å²) in [4.78, 5) is 0. The quantitative estimate of drug-likeness (QED) is 0.793. The van der Waals surface area contributed by atoms with Crippen molar-refractivity contribution in [3.63, 3.8) is 0 Å². The van der Waals surface area contributed by atoms with Gasteiger partial charge in [-0.25, -0.2) is 0 Å². The lowest BCUT2D eigenvalue weighted by Gasteiger charge is -2.17. The average Bonchev–Trinajstić information content (AvgIpc) is 2.48. The molecule has 2 aromatic carbocycles. The Morgan fingerprint density at radius 2 is 1.45 bits per heavy atom. The van der Waals surface area contributed by atoms with Gasteiger partial charge in [-0.3, -0.25) is 0 Å². The van der Waals surface area contributed by atoms with E-state index in [4.69, 9.17) is 0 Å². The molecule has 106 valence electrons. The summed E-state index contributed by atoms with van der Waals surface area (Å²) in [6.07, 6.45) is 1.16. The van der Waals surface area contributed by atoms with Crippen molar-refractivity contribution < 1.29 is 5.11 Å². The van der Waals surface area contributed by atoms with Crippen LogP contribution in [0.5, 0.6) is 5.75 Å². The molecule has 0 aromatic heterocycles. The van der Waals surface area contributed by atoms with Crippen molar-refractivity contribution in [3.05, 3.63) is 59.7 Å². The van der Waals surface area contributed by atoms with Crippen LogP contribution in [0, 0.1) is 0 Å². The highest BCUT2D eigenvalue weighted by Crippen LogP contribution is 2.24. The molecular formula is C18H23NO. The van der Waals surface area contributed by atoms with Gasteiger partial charge in [0, 0.05) is 11.7 Å². The number of hydrogen-bond acceptors (Lipinski definition) is 2. The average molecular weight is 269 g/mol. The van der Waals surface area contributed by atoms with Gasteiger partial charge in [-0.2, -0.15) is 0 Å². The third-order valence-electron chi connectivity index (χ3n) is 3.87. The zero-order valence-electron chi connectivity index (χ0n) is 12.4. The van der Waals surface area contributed by atoms with Crippen LogP contribution in [0.1, 0.15) is 50.3 Å². The molecule has 0 amide bonds. The first-order valence-electron chi connectivity index (χ1n) is 7.25. The Bertz CT molecular complexity index is 530. The summed E-state index contributed by atoms with van der Waals surface area (Å²) >= 11 is 0. The summed E-state index contributed by atoms with van der Waals surface area (Å²) in [5.41, 5.74) is 3.67. The van der Waals surface area contributed by atoms with Crippen molar-refractivity contribution >= 4 is 5.69 Å². The molecule has 0 fully saturated rings. The monoisotopic (exact) mass is 269 g/mol. The summed E-state index contributed by atoms with van der Waals surface area (Å²) in [6, 6.07) is 16.2. The van der Waals surface area contributed by atoms with Gasteiger partial charge in [0.2, 0.25) is 0 Å². The Labute approximate surface area is 121 Å². The molecule has 2 heteroatoms. The number of nitrogens with one attached hydrogen (secondary N) is 1. The van der Waals surface area contributed by atoms with Crippen LogP contribution in [0.3, 0.4) is 0 Å². The Kier molecular flexibility index (Phi) is 4.67. The fourth-order valence-corrected chi connectivity index (χ4v) is 2.24. The minimum atomic E-state index is 0.213. The second kappa shape index (κ2) is 6.47. The number of aromatic hydroxyl groups is 1. The van der Waals surface area contributed by atoms with Crippen LogP contribution in [-0.2, 0) is 0 Å². The second-order valence-electron chi connectivity index (χ2n) is 5.39. The molecule has 0 radical (unpaired) electrons. The first kappa shape index (κ1) is 14.4. The zero-order chi connectivity index (χ0) is 14.5. The maximum Gasteiger partial charge on any atom is 0.115 e. The van der Waals surface area contributed by atoms with E-state index in [0.717, 1.165) is 17.7 Å². The first-order valence-corrected chi connectivity index (χ1v) is 7.25. The number of phenolic OH excluding ortho intramolecular Hbond substituents is 1. The summed E-state index contributed by atoms with van der Waals surface area (Å²) < 4.78 is 0. The van der Waals surface area contributed by atoms with Crippen LogP contribution in [0.25, 0.3) is 0 Å². The van der Waals surface area contributed by atoms with Crippen molar-refractivity contribution in [1.82, 2.24) is 0 Å². The van der Waals surface area contributed by atoms with Crippen LogP contribution in [0.4, 0.5) is 5.69 Å². The molecule has 2 N–H and O–H groups in total. The molecule has 0 saturated carbocycles. The van der Waals surface area contributed by atoms with Crippen LogP contribution in [0.15, 0.2) is 48.5 Å². The van der Waals surface area contributed by atoms with E-state index < -0.39 is 0 Å². The van der Waals surface area contributed by atoms with Gasteiger partial charge in [0.15, 0.2) is 0 Å². The van der Waals surface area contributed by atoms with Gasteiger partial charge >= 0.3 is 0 Å². The summed E-state index contributed by atoms with van der Waals surface area (Å²) in [5, 5.41) is 12.8. The predicted octanol–water partition coefficient (Wildman–Crippen LogP) is 5.08. The summed E-state index contributed by atoms with van der Waals surface area (Å²) in [6.45, 7) is 6.58. The Balaban J connectivity index is 2.04. The number of rotatable bonds is 5. The number of hydrogen-bond donors (Lipinski definition) is 2. The molecule has 0 aliphatic heterocycles. The predicted molar refractivity (Wildman–Crippen MR) is 85.3 cm³/mol. The van der Waals surface area contributed by atoms with Crippen molar-refractivity contribution in [2.75, 3.05) is 5.32 Å². The normalized spacial score (nSPS) is 13.8. The molecule has 2 aromatic rings. The smallest absolute Gasteiger partial charge is 0.115 e. The van der Waals surface area contributed by atoms with Crippen molar-refractivity contribution in [2.24, 2.45) is 0 Å². The third-order valence-corrected chi connectivity index (χ3v) is 3.87. The van der Waals surface area contributed by atoms with Crippen LogP contribution >= 0.6 is 0 Å². The highest BCUT2D eigenvalue weighted by molar-refractivity contribution is 5.47. The highest BCUT2D eigenvalue weighted by atomic mass is 16.3. The van der Waals surface area contributed by atoms with Crippen LogP contribution < -0.4 is 5.32 Å². The van der Waals surface area contributed by atoms with E-state index in [2.05, 4.69) is 50.4 Å². The minimum Gasteiger partial charge on any atom is -0.508 e. The molecule has 0 heterocycles. The topological polar surface area (TPSA) is 32.3 Å². The third kappa shape index (κ3) is 3.53. The SMILES string of the molecule is CCC(C)c1ccc(NC(C)c2ccc(O)cc2)cc1. The van der Waals surface area contributed by atoms with Gasteiger partial charge in [-0.1, -0.05) is 38.1 Å². The van der Waals surface area contributed by atoms with Gasteiger partial charge in [0.1, 0.15) is 5.75 Å². The Morgan fingerprint density at radius 3 is 2.00 bits per heavy atom. The number of anilines is 1. The first-order chi connectivity index (χ1) is 9.60. The van der Waals surface area contributed by atoms with E-state index in [1.807, 2.05) is 12.1 Å². The van der Waals surface area contributed by atoms with E-state index in [0.29, 0.717) is 11.7 Å². The number of phenols is 1. The standard InChI is InChI=1S/C18H23NO/c1-4-13(2)15-5-9-17(10-6-15)19-14(3)16-7-11-18(20)12-8-16/h5-14,19-20H,4H2,1-3H3. The van der Waals surface area contributed by atoms with Gasteiger partial charge < -0.3 is 10.4 Å². The van der Waals surface area contributed by atoms with E-state index >= 15 is 0 Å². The fraction of sp³-hybridized carbons (Fsp3) is 0.333. The van der Waals surface area contributed by atoms with Gasteiger partial charge in [0.05, 0.1) is 0 Å². The molecule has 2 nitrogen and oxygen atoms in total. The van der Waals surface area contributed by atoms with Gasteiger partial charge in [-0.05, 0) is 54.7 Å². The van der Waals surface area contributed by atoms with E-state index in [-0.39, 0.29) is 6.04 Å². The van der Waals surface area contributed by atoms with E-state index in [9.17, 15) is 5.11 Å². The van der Waals surface area contributed by atoms with Gasteiger partial charge in [0.25, 0.3) is 0 Å². The summed E-state index contributed by atoms with van der Waals surface area (Å²) in [7, 11) is 0. The second-order valence-corrected chi connectivity index (χ2v) is 5.39. The Morgan fingerprint density at radius 1 is 0.900 bits per heavy atom. The minimum absolute atomic E-state index is 0.213. The van der Waals surface area contributed by atoms with Crippen molar-refractivity contribution in [2.45, 2.75) is 39.2 Å². The molecular weight excluding hydrogens is 246 g/mol. The number of benzene rings is 2. The maximum atomic E-state index is 9.31. The Hall–Kier alpha value is -1.96. The molecule has 2 unspecified atom stereocenters. The molecule has 0 aliphatic carbocycles. The molecule has 0 saturated heterocycles. The highest BCUT2D eigenvalue weighted by Gasteiger charge is 2.06. The molecule has 20 heavy (non-hydrogen) atoms. The van der Waals surface area contributed by atoms with E-state index in [1.165, 1.54) is 5.56 Å². The van der Waals surface area contributed by atoms with Crippen molar-refractivity contribution in [1.29, 1.82) is 0 Å². The molecule has 2 rings (SSSR count). The van der Waals surface area contributed by atoms with Gasteiger partial charge in [-0.15, -0.1) is 0 Å². The lowest BCUT2D eigenvalue weighted by molar-refractivity contribution is 0.475. The van der Waals surface area contributed by atoms with Crippen molar-refractivity contribution in [3.8, 4) is 5.75 Å². The lowest BCUT2D eigenvalue weighted by Crippen LogP contribution is -2.06. The zero-order valence-corrected chi connectivity index (χ0v) is 12.4. The van der Waals surface area contributed by atoms with Crippen LogP contribution in [-0.4, -0.2) is 5.11 Å². The van der Waals surface area contributed by atoms with Crippen LogP contribution in [0.2, 0.25) is 0 Å². The molecule has 0 aliphatic rings. The molecule has 0 spiro atoms.